The van der Waals surface area contributed by atoms with Gasteiger partial charge in [-0.25, -0.2) is 0 Å². The molecule has 0 aliphatic carbocycles. The SMILES string of the molecule is OCc1cc(N2CCc3ccccc3C2)ccn1. The highest BCUT2D eigenvalue weighted by Gasteiger charge is 2.16. The fourth-order valence-electron chi connectivity index (χ4n) is 2.46. The zero-order valence-corrected chi connectivity index (χ0v) is 10.2. The first-order chi connectivity index (χ1) is 8.86. The molecule has 2 aromatic rings. The summed E-state index contributed by atoms with van der Waals surface area (Å²) in [4.78, 5) is 6.46. The fourth-order valence-corrected chi connectivity index (χ4v) is 2.46. The number of benzene rings is 1. The van der Waals surface area contributed by atoms with E-state index in [4.69, 9.17) is 5.11 Å². The summed E-state index contributed by atoms with van der Waals surface area (Å²) in [5.41, 5.74) is 4.71. The second-order valence-electron chi connectivity index (χ2n) is 4.60. The van der Waals surface area contributed by atoms with Crippen LogP contribution in [-0.4, -0.2) is 16.6 Å². The first-order valence-electron chi connectivity index (χ1n) is 6.24. The molecule has 0 radical (unpaired) electrons. The molecule has 1 aliphatic heterocycles. The predicted molar refractivity (Wildman–Crippen MR) is 71.4 cm³/mol. The van der Waals surface area contributed by atoms with Crippen LogP contribution in [0.15, 0.2) is 42.6 Å². The van der Waals surface area contributed by atoms with E-state index >= 15 is 0 Å². The summed E-state index contributed by atoms with van der Waals surface area (Å²) in [5, 5.41) is 9.14. The minimum atomic E-state index is -0.00172. The Kier molecular flexibility index (Phi) is 2.99. The average Bonchev–Trinajstić information content (AvgIpc) is 2.47. The van der Waals surface area contributed by atoms with E-state index in [1.807, 2.05) is 12.1 Å². The van der Waals surface area contributed by atoms with E-state index in [-0.39, 0.29) is 6.61 Å². The second kappa shape index (κ2) is 4.78. The van der Waals surface area contributed by atoms with Crippen LogP contribution in [-0.2, 0) is 19.6 Å². The zero-order chi connectivity index (χ0) is 12.4. The number of pyridine rings is 1. The van der Waals surface area contributed by atoms with Gasteiger partial charge >= 0.3 is 0 Å². The van der Waals surface area contributed by atoms with Crippen molar-refractivity contribution in [1.29, 1.82) is 0 Å². The normalized spacial score (nSPS) is 14.4. The van der Waals surface area contributed by atoms with Crippen LogP contribution in [0.2, 0.25) is 0 Å². The number of aromatic nitrogens is 1. The molecule has 1 aromatic heterocycles. The van der Waals surface area contributed by atoms with Crippen LogP contribution in [0.1, 0.15) is 16.8 Å². The topological polar surface area (TPSA) is 36.4 Å². The molecule has 0 saturated carbocycles. The van der Waals surface area contributed by atoms with Crippen molar-refractivity contribution >= 4 is 5.69 Å². The number of aliphatic hydroxyl groups is 1. The minimum absolute atomic E-state index is 0.00172. The third kappa shape index (κ3) is 2.09. The van der Waals surface area contributed by atoms with Crippen molar-refractivity contribution in [3.8, 4) is 0 Å². The summed E-state index contributed by atoms with van der Waals surface area (Å²) < 4.78 is 0. The van der Waals surface area contributed by atoms with Crippen molar-refractivity contribution < 1.29 is 5.11 Å². The monoisotopic (exact) mass is 240 g/mol. The third-order valence-electron chi connectivity index (χ3n) is 3.46. The molecule has 2 heterocycles. The van der Waals surface area contributed by atoms with Crippen LogP contribution in [0.4, 0.5) is 5.69 Å². The van der Waals surface area contributed by atoms with Gasteiger partial charge in [-0.05, 0) is 29.7 Å². The zero-order valence-electron chi connectivity index (χ0n) is 10.2. The van der Waals surface area contributed by atoms with Gasteiger partial charge in [-0.2, -0.15) is 0 Å². The molecule has 18 heavy (non-hydrogen) atoms. The molecule has 3 nitrogen and oxygen atoms in total. The molecule has 0 fully saturated rings. The second-order valence-corrected chi connectivity index (χ2v) is 4.60. The summed E-state index contributed by atoms with van der Waals surface area (Å²) in [6.45, 7) is 1.95. The van der Waals surface area contributed by atoms with E-state index in [0.717, 1.165) is 30.9 Å². The Bertz CT molecular complexity index is 554. The molecular weight excluding hydrogens is 224 g/mol. The van der Waals surface area contributed by atoms with Gasteiger partial charge in [-0.3, -0.25) is 4.98 Å². The van der Waals surface area contributed by atoms with Gasteiger partial charge < -0.3 is 10.0 Å². The van der Waals surface area contributed by atoms with Crippen LogP contribution in [0.25, 0.3) is 0 Å². The highest BCUT2D eigenvalue weighted by Crippen LogP contribution is 2.24. The van der Waals surface area contributed by atoms with Gasteiger partial charge in [0.25, 0.3) is 0 Å². The fraction of sp³-hybridized carbons (Fsp3) is 0.267. The number of aliphatic hydroxyl groups excluding tert-OH is 1. The first-order valence-corrected chi connectivity index (χ1v) is 6.24. The lowest BCUT2D eigenvalue weighted by molar-refractivity contribution is 0.277. The summed E-state index contributed by atoms with van der Waals surface area (Å²) in [7, 11) is 0. The van der Waals surface area contributed by atoms with Gasteiger partial charge in [0.2, 0.25) is 0 Å². The summed E-state index contributed by atoms with van der Waals surface area (Å²) in [6.07, 6.45) is 2.84. The summed E-state index contributed by atoms with van der Waals surface area (Å²) >= 11 is 0. The van der Waals surface area contributed by atoms with Gasteiger partial charge in [0.15, 0.2) is 0 Å². The molecule has 1 aliphatic rings. The van der Waals surface area contributed by atoms with Gasteiger partial charge in [-0.15, -0.1) is 0 Å². The number of anilines is 1. The number of hydrogen-bond acceptors (Lipinski definition) is 3. The Morgan fingerprint density at radius 3 is 2.83 bits per heavy atom. The lowest BCUT2D eigenvalue weighted by Gasteiger charge is -2.30. The summed E-state index contributed by atoms with van der Waals surface area (Å²) in [5.74, 6) is 0. The molecule has 0 atom stereocenters. The highest BCUT2D eigenvalue weighted by atomic mass is 16.3. The molecule has 1 N–H and O–H groups in total. The maximum Gasteiger partial charge on any atom is 0.0853 e. The minimum Gasteiger partial charge on any atom is -0.390 e. The molecule has 0 unspecified atom stereocenters. The van der Waals surface area contributed by atoms with E-state index in [0.29, 0.717) is 0 Å². The Labute approximate surface area is 107 Å². The molecule has 0 saturated heterocycles. The van der Waals surface area contributed by atoms with Crippen LogP contribution in [0.5, 0.6) is 0 Å². The number of fused-ring (bicyclic) bond motifs is 1. The van der Waals surface area contributed by atoms with Crippen LogP contribution in [0, 0.1) is 0 Å². The van der Waals surface area contributed by atoms with Crippen molar-refractivity contribution in [2.75, 3.05) is 11.4 Å². The molecule has 3 heteroatoms. The predicted octanol–water partition coefficient (Wildman–Crippen LogP) is 2.14. The average molecular weight is 240 g/mol. The lowest BCUT2D eigenvalue weighted by atomic mass is 9.99. The van der Waals surface area contributed by atoms with Crippen molar-refractivity contribution in [3.05, 3.63) is 59.4 Å². The van der Waals surface area contributed by atoms with E-state index < -0.39 is 0 Å². The van der Waals surface area contributed by atoms with Gasteiger partial charge in [0.05, 0.1) is 12.3 Å². The quantitative estimate of drug-likeness (QED) is 0.873. The van der Waals surface area contributed by atoms with Crippen LogP contribution in [0.3, 0.4) is 0 Å². The van der Waals surface area contributed by atoms with E-state index in [1.54, 1.807) is 6.20 Å². The van der Waals surface area contributed by atoms with Crippen molar-refractivity contribution in [1.82, 2.24) is 4.98 Å². The van der Waals surface area contributed by atoms with Gasteiger partial charge in [-0.1, -0.05) is 24.3 Å². The Morgan fingerprint density at radius 2 is 2.00 bits per heavy atom. The number of hydrogen-bond donors (Lipinski definition) is 1. The third-order valence-corrected chi connectivity index (χ3v) is 3.46. The van der Waals surface area contributed by atoms with E-state index in [2.05, 4.69) is 34.1 Å². The summed E-state index contributed by atoms with van der Waals surface area (Å²) in [6, 6.07) is 12.6. The number of nitrogens with zero attached hydrogens (tertiary/aromatic N) is 2. The van der Waals surface area contributed by atoms with Crippen LogP contribution < -0.4 is 4.90 Å². The van der Waals surface area contributed by atoms with Gasteiger partial charge in [0.1, 0.15) is 0 Å². The lowest BCUT2D eigenvalue weighted by Crippen LogP contribution is -2.30. The van der Waals surface area contributed by atoms with Crippen LogP contribution >= 0.6 is 0 Å². The molecule has 1 aromatic carbocycles. The molecule has 0 amide bonds. The Morgan fingerprint density at radius 1 is 1.17 bits per heavy atom. The van der Waals surface area contributed by atoms with Crippen molar-refractivity contribution in [2.24, 2.45) is 0 Å². The van der Waals surface area contributed by atoms with Crippen molar-refractivity contribution in [2.45, 2.75) is 19.6 Å². The maximum absolute atomic E-state index is 9.14. The molecule has 0 spiro atoms. The standard InChI is InChI=1S/C15H16N2O/c18-11-14-9-15(5-7-16-14)17-8-6-12-3-1-2-4-13(12)10-17/h1-5,7,9,18H,6,8,10-11H2. The highest BCUT2D eigenvalue weighted by molar-refractivity contribution is 5.49. The van der Waals surface area contributed by atoms with Crippen molar-refractivity contribution in [3.63, 3.8) is 0 Å². The Balaban J connectivity index is 1.87. The molecular formula is C15H16N2O. The molecule has 0 bridgehead atoms. The molecule has 92 valence electrons. The Hall–Kier alpha value is -1.87. The van der Waals surface area contributed by atoms with Gasteiger partial charge in [0, 0.05) is 25.0 Å². The number of rotatable bonds is 2. The molecule has 3 rings (SSSR count). The van der Waals surface area contributed by atoms with E-state index in [9.17, 15) is 0 Å². The van der Waals surface area contributed by atoms with E-state index in [1.165, 1.54) is 11.1 Å². The first kappa shape index (κ1) is 11.2. The smallest absolute Gasteiger partial charge is 0.0853 e. The largest absolute Gasteiger partial charge is 0.390 e. The maximum atomic E-state index is 9.14.